The maximum atomic E-state index is 11.9. The average Bonchev–Trinajstić information content (AvgIpc) is 3.21. The molecule has 5 heteroatoms. The Morgan fingerprint density at radius 1 is 1.21 bits per heavy atom. The first-order valence-corrected chi connectivity index (χ1v) is 8.70. The van der Waals surface area contributed by atoms with Crippen LogP contribution in [0.4, 0.5) is 0 Å². The van der Waals surface area contributed by atoms with Gasteiger partial charge in [0.1, 0.15) is 5.75 Å². The van der Waals surface area contributed by atoms with Gasteiger partial charge in [-0.15, -0.1) is 0 Å². The van der Waals surface area contributed by atoms with Crippen LogP contribution in [0.1, 0.15) is 37.7 Å². The minimum Gasteiger partial charge on any atom is -0.496 e. The van der Waals surface area contributed by atoms with Gasteiger partial charge in [-0.05, 0) is 43.1 Å². The number of amides is 1. The summed E-state index contributed by atoms with van der Waals surface area (Å²) in [6, 6.07) is 7.50. The Kier molecular flexibility index (Phi) is 5.38. The predicted molar refractivity (Wildman–Crippen MR) is 89.4 cm³/mol. The standard InChI is InChI=1S/C19H25NO4/c1-23-17-5-3-2-4-15(17)11-20-18(21)12-24-19(22)10-16-9-13-6-7-14(16)8-13/h2-5,13-14,16H,6-12H2,1H3,(H,20,21)/t13-,14-,16+/m0/s1. The highest BCUT2D eigenvalue weighted by Crippen LogP contribution is 2.49. The van der Waals surface area contributed by atoms with Crippen molar-refractivity contribution in [2.24, 2.45) is 17.8 Å². The Morgan fingerprint density at radius 2 is 2.04 bits per heavy atom. The van der Waals surface area contributed by atoms with Gasteiger partial charge in [0.15, 0.2) is 6.61 Å². The minimum absolute atomic E-state index is 0.213. The normalized spacial score (nSPS) is 24.6. The van der Waals surface area contributed by atoms with E-state index in [1.165, 1.54) is 19.3 Å². The zero-order chi connectivity index (χ0) is 16.9. The van der Waals surface area contributed by atoms with Crippen LogP contribution in [0.2, 0.25) is 0 Å². The van der Waals surface area contributed by atoms with Crippen molar-refractivity contribution in [2.75, 3.05) is 13.7 Å². The molecule has 3 atom stereocenters. The smallest absolute Gasteiger partial charge is 0.306 e. The number of carbonyl (C=O) groups excluding carboxylic acids is 2. The number of hydrogen-bond acceptors (Lipinski definition) is 4. The van der Waals surface area contributed by atoms with E-state index in [1.54, 1.807) is 7.11 Å². The number of esters is 1. The van der Waals surface area contributed by atoms with Crippen molar-refractivity contribution in [3.8, 4) is 5.75 Å². The lowest BCUT2D eigenvalue weighted by molar-refractivity contribution is -0.149. The van der Waals surface area contributed by atoms with Crippen molar-refractivity contribution in [1.82, 2.24) is 5.32 Å². The number of benzene rings is 1. The van der Waals surface area contributed by atoms with E-state index in [0.29, 0.717) is 24.8 Å². The molecule has 1 aromatic rings. The van der Waals surface area contributed by atoms with Crippen LogP contribution < -0.4 is 10.1 Å². The number of fused-ring (bicyclic) bond motifs is 2. The van der Waals surface area contributed by atoms with Gasteiger partial charge in [0.05, 0.1) is 7.11 Å². The predicted octanol–water partition coefficient (Wildman–Crippen LogP) is 2.68. The molecular formula is C19H25NO4. The van der Waals surface area contributed by atoms with Crippen molar-refractivity contribution in [2.45, 2.75) is 38.6 Å². The van der Waals surface area contributed by atoms with Crippen LogP contribution in [-0.4, -0.2) is 25.6 Å². The molecule has 2 bridgehead atoms. The van der Waals surface area contributed by atoms with Crippen LogP contribution in [0.15, 0.2) is 24.3 Å². The maximum Gasteiger partial charge on any atom is 0.306 e. The molecular weight excluding hydrogens is 306 g/mol. The molecule has 0 unspecified atom stereocenters. The van der Waals surface area contributed by atoms with Crippen LogP contribution in [0.3, 0.4) is 0 Å². The summed E-state index contributed by atoms with van der Waals surface area (Å²) in [5.41, 5.74) is 0.890. The summed E-state index contributed by atoms with van der Waals surface area (Å²) in [5.74, 6) is 2.17. The lowest BCUT2D eigenvalue weighted by atomic mass is 9.86. The van der Waals surface area contributed by atoms with Crippen LogP contribution >= 0.6 is 0 Å². The van der Waals surface area contributed by atoms with Crippen molar-refractivity contribution >= 4 is 11.9 Å². The highest BCUT2D eigenvalue weighted by molar-refractivity contribution is 5.80. The van der Waals surface area contributed by atoms with Crippen molar-refractivity contribution in [1.29, 1.82) is 0 Å². The molecule has 24 heavy (non-hydrogen) atoms. The van der Waals surface area contributed by atoms with E-state index in [1.807, 2.05) is 24.3 Å². The molecule has 1 N–H and O–H groups in total. The summed E-state index contributed by atoms with van der Waals surface area (Å²) in [6.07, 6.45) is 5.46. The number of rotatable bonds is 7. The lowest BCUT2D eigenvalue weighted by Crippen LogP contribution is -2.29. The molecule has 5 nitrogen and oxygen atoms in total. The van der Waals surface area contributed by atoms with E-state index in [2.05, 4.69) is 5.32 Å². The first-order valence-electron chi connectivity index (χ1n) is 8.70. The Bertz CT molecular complexity index is 601. The Labute approximate surface area is 142 Å². The van der Waals surface area contributed by atoms with Gasteiger partial charge in [-0.1, -0.05) is 24.6 Å². The van der Waals surface area contributed by atoms with E-state index in [4.69, 9.17) is 9.47 Å². The molecule has 0 aliphatic heterocycles. The third kappa shape index (κ3) is 4.08. The fourth-order valence-electron chi connectivity index (χ4n) is 4.14. The molecule has 0 radical (unpaired) electrons. The topological polar surface area (TPSA) is 64.6 Å². The zero-order valence-electron chi connectivity index (χ0n) is 14.1. The third-order valence-electron chi connectivity index (χ3n) is 5.35. The first kappa shape index (κ1) is 16.8. The molecule has 0 heterocycles. The maximum absolute atomic E-state index is 11.9. The highest BCUT2D eigenvalue weighted by Gasteiger charge is 2.40. The van der Waals surface area contributed by atoms with E-state index < -0.39 is 0 Å². The number of methoxy groups -OCH3 is 1. The molecule has 3 rings (SSSR count). The van der Waals surface area contributed by atoms with Gasteiger partial charge >= 0.3 is 5.97 Å². The molecule has 1 amide bonds. The summed E-state index contributed by atoms with van der Waals surface area (Å²) in [5, 5.41) is 2.75. The van der Waals surface area contributed by atoms with Crippen LogP contribution in [-0.2, 0) is 20.9 Å². The molecule has 0 aromatic heterocycles. The molecule has 2 aliphatic carbocycles. The second kappa shape index (κ2) is 7.69. The molecule has 130 valence electrons. The summed E-state index contributed by atoms with van der Waals surface area (Å²) >= 11 is 0. The molecule has 0 spiro atoms. The van der Waals surface area contributed by atoms with Gasteiger partial charge in [-0.2, -0.15) is 0 Å². The molecule has 2 aliphatic rings. The summed E-state index contributed by atoms with van der Waals surface area (Å²) < 4.78 is 10.4. The summed E-state index contributed by atoms with van der Waals surface area (Å²) in [7, 11) is 1.60. The lowest BCUT2D eigenvalue weighted by Gasteiger charge is -2.20. The Hall–Kier alpha value is -2.04. The van der Waals surface area contributed by atoms with Crippen LogP contribution in [0.25, 0.3) is 0 Å². The summed E-state index contributed by atoms with van der Waals surface area (Å²) in [4.78, 5) is 23.8. The van der Waals surface area contributed by atoms with Gasteiger partial charge in [-0.3, -0.25) is 9.59 Å². The van der Waals surface area contributed by atoms with Crippen LogP contribution in [0, 0.1) is 17.8 Å². The third-order valence-corrected chi connectivity index (χ3v) is 5.35. The van der Waals surface area contributed by atoms with Gasteiger partial charge in [0.2, 0.25) is 0 Å². The number of ether oxygens (including phenoxy) is 2. The second-order valence-electron chi connectivity index (χ2n) is 6.89. The second-order valence-corrected chi connectivity index (χ2v) is 6.89. The van der Waals surface area contributed by atoms with Gasteiger partial charge in [0, 0.05) is 18.5 Å². The van der Waals surface area contributed by atoms with E-state index >= 15 is 0 Å². The molecule has 1 aromatic carbocycles. The van der Waals surface area contributed by atoms with Gasteiger partial charge in [-0.25, -0.2) is 0 Å². The zero-order valence-corrected chi connectivity index (χ0v) is 14.1. The number of carbonyl (C=O) groups is 2. The highest BCUT2D eigenvalue weighted by atomic mass is 16.5. The van der Waals surface area contributed by atoms with Crippen molar-refractivity contribution in [3.05, 3.63) is 29.8 Å². The quantitative estimate of drug-likeness (QED) is 0.780. The summed E-state index contributed by atoms with van der Waals surface area (Å²) in [6.45, 7) is 0.140. The van der Waals surface area contributed by atoms with Crippen molar-refractivity contribution < 1.29 is 19.1 Å². The Balaban J connectivity index is 1.37. The average molecular weight is 331 g/mol. The van der Waals surface area contributed by atoms with Crippen LogP contribution in [0.5, 0.6) is 5.75 Å². The van der Waals surface area contributed by atoms with E-state index in [0.717, 1.165) is 23.7 Å². The monoisotopic (exact) mass is 331 g/mol. The fourth-order valence-corrected chi connectivity index (χ4v) is 4.14. The largest absolute Gasteiger partial charge is 0.496 e. The number of hydrogen-bond donors (Lipinski definition) is 1. The Morgan fingerprint density at radius 3 is 2.75 bits per heavy atom. The van der Waals surface area contributed by atoms with Gasteiger partial charge in [0.25, 0.3) is 5.91 Å². The van der Waals surface area contributed by atoms with E-state index in [9.17, 15) is 9.59 Å². The first-order chi connectivity index (χ1) is 11.7. The SMILES string of the molecule is COc1ccccc1CNC(=O)COC(=O)C[C@H]1C[C@H]2CC[C@H]1C2. The molecule has 2 fully saturated rings. The molecule has 0 saturated heterocycles. The van der Waals surface area contributed by atoms with Gasteiger partial charge < -0.3 is 14.8 Å². The van der Waals surface area contributed by atoms with E-state index in [-0.39, 0.29) is 18.5 Å². The number of para-hydroxylation sites is 1. The molecule has 2 saturated carbocycles. The number of nitrogens with one attached hydrogen (secondary N) is 1. The minimum atomic E-state index is -0.290. The fraction of sp³-hybridized carbons (Fsp3) is 0.579. The van der Waals surface area contributed by atoms with Crippen molar-refractivity contribution in [3.63, 3.8) is 0 Å².